The van der Waals surface area contributed by atoms with E-state index in [0.29, 0.717) is 16.1 Å². The Morgan fingerprint density at radius 2 is 1.93 bits per heavy atom. The third-order valence-corrected chi connectivity index (χ3v) is 5.85. The number of nitrogens with zero attached hydrogens (tertiary/aromatic N) is 1. The quantitative estimate of drug-likeness (QED) is 0.545. The summed E-state index contributed by atoms with van der Waals surface area (Å²) in [6.45, 7) is 4.94. The second-order valence-corrected chi connectivity index (χ2v) is 7.67. The van der Waals surface area contributed by atoms with Gasteiger partial charge in [-0.3, -0.25) is 9.59 Å². The van der Waals surface area contributed by atoms with Gasteiger partial charge < -0.3 is 20.3 Å². The van der Waals surface area contributed by atoms with Crippen LogP contribution in [-0.4, -0.2) is 29.5 Å². The van der Waals surface area contributed by atoms with Crippen molar-refractivity contribution >= 4 is 45.7 Å². The predicted octanol–water partition coefficient (Wildman–Crippen LogP) is 4.20. The highest BCUT2D eigenvalue weighted by Gasteiger charge is 2.28. The summed E-state index contributed by atoms with van der Waals surface area (Å²) in [5.74, 6) is -1.68. The average molecular weight is 448 g/mol. The van der Waals surface area contributed by atoms with E-state index in [4.69, 9.17) is 26.6 Å². The first-order valence-electron chi connectivity index (χ1n) is 8.89. The number of ether oxygens (including phenoxy) is 1. The summed E-state index contributed by atoms with van der Waals surface area (Å²) in [6.07, 6.45) is 0. The Morgan fingerprint density at radius 1 is 1.23 bits per heavy atom. The van der Waals surface area contributed by atoms with Crippen LogP contribution < -0.4 is 11.1 Å². The summed E-state index contributed by atoms with van der Waals surface area (Å²) in [6, 6.07) is 6.89. The summed E-state index contributed by atoms with van der Waals surface area (Å²) in [4.78, 5) is 37.4. The number of benzene rings is 1. The number of carbonyl (C=O) groups is 3. The Morgan fingerprint density at radius 3 is 2.57 bits per heavy atom. The van der Waals surface area contributed by atoms with E-state index in [1.54, 1.807) is 45.0 Å². The van der Waals surface area contributed by atoms with Crippen LogP contribution >= 0.6 is 22.9 Å². The monoisotopic (exact) mass is 447 g/mol. The van der Waals surface area contributed by atoms with Gasteiger partial charge in [-0.15, -0.1) is 11.3 Å². The van der Waals surface area contributed by atoms with Crippen LogP contribution in [0, 0.1) is 13.8 Å². The highest BCUT2D eigenvalue weighted by Crippen LogP contribution is 2.36. The average Bonchev–Trinajstić information content (AvgIpc) is 3.22. The number of primary amides is 1. The number of hydrogen-bond donors (Lipinski definition) is 2. The minimum atomic E-state index is -0.707. The van der Waals surface area contributed by atoms with Crippen LogP contribution in [0.2, 0.25) is 5.02 Å². The Hall–Kier alpha value is -3.17. The van der Waals surface area contributed by atoms with Crippen LogP contribution in [0.1, 0.15) is 48.6 Å². The summed E-state index contributed by atoms with van der Waals surface area (Å²) < 4.78 is 10.3. The fourth-order valence-electron chi connectivity index (χ4n) is 2.93. The molecule has 0 unspecified atom stereocenters. The molecule has 0 aliphatic carbocycles. The number of carbonyl (C=O) groups excluding carboxylic acids is 3. The Balaban J connectivity index is 2.05. The molecule has 3 N–H and O–H groups in total. The maximum atomic E-state index is 13.1. The van der Waals surface area contributed by atoms with Gasteiger partial charge in [-0.25, -0.2) is 4.79 Å². The summed E-state index contributed by atoms with van der Waals surface area (Å²) in [5, 5.41) is 7.18. The summed E-state index contributed by atoms with van der Waals surface area (Å²) in [7, 11) is 0. The number of thiophene rings is 1. The number of esters is 1. The van der Waals surface area contributed by atoms with Crippen LogP contribution in [0.3, 0.4) is 0 Å². The van der Waals surface area contributed by atoms with Crippen molar-refractivity contribution in [2.75, 3.05) is 11.9 Å². The largest absolute Gasteiger partial charge is 0.462 e. The lowest BCUT2D eigenvalue weighted by Crippen LogP contribution is -2.16. The van der Waals surface area contributed by atoms with Gasteiger partial charge >= 0.3 is 5.97 Å². The first kappa shape index (κ1) is 21.5. The lowest BCUT2D eigenvalue weighted by atomic mass is 10.1. The molecule has 0 aliphatic heterocycles. The van der Waals surface area contributed by atoms with Gasteiger partial charge in [0.2, 0.25) is 0 Å². The van der Waals surface area contributed by atoms with Gasteiger partial charge in [0.05, 0.1) is 22.1 Å². The minimum Gasteiger partial charge on any atom is -0.462 e. The molecule has 1 aromatic carbocycles. The van der Waals surface area contributed by atoms with E-state index in [1.807, 2.05) is 0 Å². The maximum absolute atomic E-state index is 13.1. The lowest BCUT2D eigenvalue weighted by Gasteiger charge is -2.08. The number of nitrogens with one attached hydrogen (secondary N) is 1. The van der Waals surface area contributed by atoms with Gasteiger partial charge in [-0.05, 0) is 32.4 Å². The number of aromatic nitrogens is 1. The molecule has 3 rings (SSSR count). The SMILES string of the molecule is CCOC(=O)c1c(NC(=O)c2c(-c3ccccc3Cl)noc2C)sc(C(N)=O)c1C. The number of nitrogens with two attached hydrogens (primary N) is 1. The molecule has 0 spiro atoms. The molecule has 0 saturated heterocycles. The van der Waals surface area contributed by atoms with E-state index in [2.05, 4.69) is 10.5 Å². The molecule has 2 amide bonds. The van der Waals surface area contributed by atoms with Crippen LogP contribution in [0.4, 0.5) is 5.00 Å². The highest BCUT2D eigenvalue weighted by molar-refractivity contribution is 7.18. The standard InChI is InChI=1S/C20H18ClN3O5S/c1-4-28-20(27)13-9(2)16(17(22)25)30-19(13)23-18(26)14-10(3)29-24-15(14)11-7-5-6-8-12(11)21/h5-8H,4H2,1-3H3,(H2,22,25)(H,23,26). The van der Waals surface area contributed by atoms with Crippen molar-refractivity contribution in [2.24, 2.45) is 5.73 Å². The van der Waals surface area contributed by atoms with Crippen molar-refractivity contribution in [1.82, 2.24) is 5.16 Å². The molecule has 2 aromatic heterocycles. The van der Waals surface area contributed by atoms with Gasteiger partial charge in [-0.2, -0.15) is 0 Å². The zero-order valence-electron chi connectivity index (χ0n) is 16.4. The van der Waals surface area contributed by atoms with Crippen molar-refractivity contribution in [3.8, 4) is 11.3 Å². The van der Waals surface area contributed by atoms with Crippen molar-refractivity contribution < 1.29 is 23.6 Å². The molecule has 156 valence electrons. The van der Waals surface area contributed by atoms with Crippen LogP contribution in [0.25, 0.3) is 11.3 Å². The second-order valence-electron chi connectivity index (χ2n) is 6.24. The first-order chi connectivity index (χ1) is 14.3. The van der Waals surface area contributed by atoms with Gasteiger partial charge in [-0.1, -0.05) is 35.0 Å². The van der Waals surface area contributed by atoms with Crippen molar-refractivity contribution in [3.05, 3.63) is 56.6 Å². The number of aryl methyl sites for hydroxylation is 1. The molecular weight excluding hydrogens is 430 g/mol. The zero-order valence-corrected chi connectivity index (χ0v) is 17.9. The number of rotatable bonds is 6. The smallest absolute Gasteiger partial charge is 0.341 e. The summed E-state index contributed by atoms with van der Waals surface area (Å²) >= 11 is 7.14. The van der Waals surface area contributed by atoms with Crippen LogP contribution in [-0.2, 0) is 4.74 Å². The van der Waals surface area contributed by atoms with E-state index < -0.39 is 17.8 Å². The number of anilines is 1. The third kappa shape index (κ3) is 3.94. The van der Waals surface area contributed by atoms with Gasteiger partial charge in [0, 0.05) is 5.56 Å². The Labute approximate surface area is 180 Å². The molecule has 8 nitrogen and oxygen atoms in total. The summed E-state index contributed by atoms with van der Waals surface area (Å²) in [5.41, 5.74) is 6.77. The first-order valence-corrected chi connectivity index (χ1v) is 10.1. The molecule has 0 atom stereocenters. The van der Waals surface area contributed by atoms with Crippen molar-refractivity contribution in [1.29, 1.82) is 0 Å². The van der Waals surface area contributed by atoms with Crippen LogP contribution in [0.15, 0.2) is 28.8 Å². The van der Waals surface area contributed by atoms with Crippen molar-refractivity contribution in [3.63, 3.8) is 0 Å². The lowest BCUT2D eigenvalue weighted by molar-refractivity contribution is 0.0527. The normalized spacial score (nSPS) is 10.7. The third-order valence-electron chi connectivity index (χ3n) is 4.30. The second kappa shape index (κ2) is 8.68. The predicted molar refractivity (Wildman–Crippen MR) is 113 cm³/mol. The molecule has 0 fully saturated rings. The van der Waals surface area contributed by atoms with Gasteiger partial charge in [0.1, 0.15) is 22.0 Å². The van der Waals surface area contributed by atoms with E-state index in [9.17, 15) is 14.4 Å². The van der Waals surface area contributed by atoms with Crippen molar-refractivity contribution in [2.45, 2.75) is 20.8 Å². The highest BCUT2D eigenvalue weighted by atomic mass is 35.5. The molecule has 0 saturated carbocycles. The molecule has 2 heterocycles. The van der Waals surface area contributed by atoms with E-state index >= 15 is 0 Å². The van der Waals surface area contributed by atoms with E-state index in [-0.39, 0.29) is 39.1 Å². The number of halogens is 1. The van der Waals surface area contributed by atoms with E-state index in [0.717, 1.165) is 11.3 Å². The molecule has 3 aromatic rings. The molecule has 30 heavy (non-hydrogen) atoms. The Bertz CT molecular complexity index is 1150. The fourth-order valence-corrected chi connectivity index (χ4v) is 4.20. The number of amides is 2. The molecule has 0 radical (unpaired) electrons. The molecule has 0 aliphatic rings. The molecule has 0 bridgehead atoms. The molecular formula is C20H18ClN3O5S. The molecule has 10 heteroatoms. The minimum absolute atomic E-state index is 0.0809. The van der Waals surface area contributed by atoms with Gasteiger partial charge in [0.15, 0.2) is 0 Å². The number of hydrogen-bond acceptors (Lipinski definition) is 7. The van der Waals surface area contributed by atoms with Gasteiger partial charge in [0.25, 0.3) is 11.8 Å². The zero-order chi connectivity index (χ0) is 22.0. The topological polar surface area (TPSA) is 125 Å². The fraction of sp³-hybridized carbons (Fsp3) is 0.200. The Kier molecular flexibility index (Phi) is 6.23. The van der Waals surface area contributed by atoms with E-state index in [1.165, 1.54) is 0 Å². The maximum Gasteiger partial charge on any atom is 0.341 e. The van der Waals surface area contributed by atoms with Crippen LogP contribution in [0.5, 0.6) is 0 Å².